The zero-order chi connectivity index (χ0) is 23.3. The highest BCUT2D eigenvalue weighted by Crippen LogP contribution is 2.34. The number of carbonyl (C=O) groups excluding carboxylic acids is 1. The van der Waals surface area contributed by atoms with Crippen LogP contribution in [0.15, 0.2) is 36.5 Å². The van der Waals surface area contributed by atoms with Crippen LogP contribution in [-0.2, 0) is 0 Å². The lowest BCUT2D eigenvalue weighted by Crippen LogP contribution is -2.50. The molecule has 3 atom stereocenters. The van der Waals surface area contributed by atoms with Crippen molar-refractivity contribution in [1.29, 1.82) is 0 Å². The molecule has 174 valence electrons. The first-order valence-corrected chi connectivity index (χ1v) is 11.3. The number of aromatic nitrogens is 1. The molecule has 0 saturated carbocycles. The number of likely N-dealkylation sites (N-methyl/N-ethyl adjacent to an activating group) is 1. The van der Waals surface area contributed by atoms with Gasteiger partial charge in [0.25, 0.3) is 5.91 Å². The fourth-order valence-corrected chi connectivity index (χ4v) is 4.13. The highest BCUT2D eigenvalue weighted by atomic mass is 16.5. The Hall–Kier alpha value is -2.64. The largest absolute Gasteiger partial charge is 0.496 e. The highest BCUT2D eigenvalue weighted by molar-refractivity contribution is 5.98. The van der Waals surface area contributed by atoms with E-state index in [2.05, 4.69) is 30.8 Å². The van der Waals surface area contributed by atoms with Crippen molar-refractivity contribution in [3.05, 3.63) is 42.1 Å². The third-order valence-electron chi connectivity index (χ3n) is 6.04. The molecule has 0 unspecified atom stereocenters. The molecule has 0 spiro atoms. The predicted octanol–water partition coefficient (Wildman–Crippen LogP) is 3.32. The molecule has 0 fully saturated rings. The van der Waals surface area contributed by atoms with Crippen LogP contribution < -0.4 is 9.47 Å². The molecule has 1 aliphatic rings. The fraction of sp³-hybridized carbons (Fsp3) is 0.520. The van der Waals surface area contributed by atoms with Crippen LogP contribution in [0.25, 0.3) is 11.1 Å². The van der Waals surface area contributed by atoms with E-state index in [4.69, 9.17) is 9.47 Å². The van der Waals surface area contributed by atoms with E-state index >= 15 is 0 Å². The molecule has 7 nitrogen and oxygen atoms in total. The Labute approximate surface area is 191 Å². The van der Waals surface area contributed by atoms with Gasteiger partial charge in [0.05, 0.1) is 19.8 Å². The summed E-state index contributed by atoms with van der Waals surface area (Å²) >= 11 is 0. The van der Waals surface area contributed by atoms with E-state index in [0.29, 0.717) is 23.7 Å². The van der Waals surface area contributed by atoms with Crippen LogP contribution in [0.2, 0.25) is 0 Å². The third kappa shape index (κ3) is 5.22. The monoisotopic (exact) mass is 441 g/mol. The molecule has 0 radical (unpaired) electrons. The number of fused-ring (bicyclic) bond motifs is 1. The summed E-state index contributed by atoms with van der Waals surface area (Å²) in [6.45, 7) is 8.21. The van der Waals surface area contributed by atoms with Gasteiger partial charge in [-0.25, -0.2) is 4.98 Å². The molecule has 1 N–H and O–H groups in total. The van der Waals surface area contributed by atoms with Crippen LogP contribution >= 0.6 is 0 Å². The molecule has 1 amide bonds. The summed E-state index contributed by atoms with van der Waals surface area (Å²) in [5.41, 5.74) is 2.04. The number of aliphatic hydroxyl groups excluding tert-OH is 1. The molecular formula is C25H35N3O4. The van der Waals surface area contributed by atoms with Gasteiger partial charge in [-0.2, -0.15) is 0 Å². The van der Waals surface area contributed by atoms with Crippen molar-refractivity contribution in [3.63, 3.8) is 0 Å². The average Bonchev–Trinajstić information content (AvgIpc) is 2.80. The standard InChI is InChI=1S/C25H35N3O4/c1-6-11-27(4)15-23-17(2)14-28(18(3)16-29)25(30)21-12-19(13-26-24(21)32-23)20-9-7-8-10-22(20)31-5/h7-10,12-13,17-18,23,29H,6,11,14-16H2,1-5H3/t17-,18-,23-/m0/s1. The number of benzene rings is 1. The predicted molar refractivity (Wildman–Crippen MR) is 125 cm³/mol. The summed E-state index contributed by atoms with van der Waals surface area (Å²) in [6, 6.07) is 9.17. The number of aliphatic hydroxyl groups is 1. The van der Waals surface area contributed by atoms with Gasteiger partial charge in [0.1, 0.15) is 17.4 Å². The molecule has 32 heavy (non-hydrogen) atoms. The van der Waals surface area contributed by atoms with Crippen LogP contribution in [0, 0.1) is 5.92 Å². The number of ether oxygens (including phenoxy) is 2. The molecule has 0 aliphatic carbocycles. The summed E-state index contributed by atoms with van der Waals surface area (Å²) in [5.74, 6) is 0.945. The van der Waals surface area contributed by atoms with Gasteiger partial charge in [-0.1, -0.05) is 32.0 Å². The lowest BCUT2D eigenvalue weighted by Gasteiger charge is -2.37. The summed E-state index contributed by atoms with van der Waals surface area (Å²) in [5, 5.41) is 9.82. The van der Waals surface area contributed by atoms with E-state index in [1.807, 2.05) is 37.3 Å². The minimum absolute atomic E-state index is 0.0797. The number of carbonyl (C=O) groups is 1. The number of methoxy groups -OCH3 is 1. The van der Waals surface area contributed by atoms with E-state index in [1.165, 1.54) is 0 Å². The van der Waals surface area contributed by atoms with Crippen molar-refractivity contribution >= 4 is 5.91 Å². The zero-order valence-electron chi connectivity index (χ0n) is 19.7. The number of pyridine rings is 1. The first-order chi connectivity index (χ1) is 15.4. The highest BCUT2D eigenvalue weighted by Gasteiger charge is 2.34. The van der Waals surface area contributed by atoms with Gasteiger partial charge >= 0.3 is 0 Å². The Bertz CT molecular complexity index is 920. The van der Waals surface area contributed by atoms with E-state index < -0.39 is 0 Å². The maximum absolute atomic E-state index is 13.6. The number of nitrogens with zero attached hydrogens (tertiary/aromatic N) is 3. The Morgan fingerprint density at radius 2 is 2.09 bits per heavy atom. The SMILES string of the molecule is CCCN(C)C[C@@H]1Oc2ncc(-c3ccccc3OC)cc2C(=O)N([C@@H](C)CO)C[C@@H]1C. The van der Waals surface area contributed by atoms with Gasteiger partial charge in [0.2, 0.25) is 5.88 Å². The van der Waals surface area contributed by atoms with E-state index in [-0.39, 0.29) is 30.6 Å². The Balaban J connectivity index is 2.06. The minimum atomic E-state index is -0.306. The topological polar surface area (TPSA) is 75.1 Å². The number of amides is 1. The van der Waals surface area contributed by atoms with Gasteiger partial charge < -0.3 is 24.4 Å². The number of rotatable bonds is 8. The third-order valence-corrected chi connectivity index (χ3v) is 6.04. The quantitative estimate of drug-likeness (QED) is 0.677. The number of hydrogen-bond donors (Lipinski definition) is 1. The molecule has 7 heteroatoms. The van der Waals surface area contributed by atoms with E-state index in [0.717, 1.165) is 30.6 Å². The lowest BCUT2D eigenvalue weighted by atomic mass is 9.99. The second-order valence-electron chi connectivity index (χ2n) is 8.66. The van der Waals surface area contributed by atoms with Crippen LogP contribution in [0.3, 0.4) is 0 Å². The molecular weight excluding hydrogens is 406 g/mol. The van der Waals surface area contributed by atoms with E-state index in [1.54, 1.807) is 18.2 Å². The normalized spacial score (nSPS) is 19.7. The summed E-state index contributed by atoms with van der Waals surface area (Å²) in [6.07, 6.45) is 2.65. The van der Waals surface area contributed by atoms with Crippen molar-refractivity contribution in [2.24, 2.45) is 5.92 Å². The summed E-state index contributed by atoms with van der Waals surface area (Å²) in [4.78, 5) is 22.1. The first kappa shape index (κ1) is 24.0. The van der Waals surface area contributed by atoms with Gasteiger partial charge in [-0.05, 0) is 39.1 Å². The minimum Gasteiger partial charge on any atom is -0.496 e. The van der Waals surface area contributed by atoms with Crippen LogP contribution in [0.5, 0.6) is 11.6 Å². The Morgan fingerprint density at radius 3 is 2.78 bits per heavy atom. The maximum Gasteiger partial charge on any atom is 0.259 e. The Kier molecular flexibility index (Phi) is 8.10. The molecule has 1 aromatic carbocycles. The molecule has 2 heterocycles. The molecule has 0 bridgehead atoms. The number of hydrogen-bond acceptors (Lipinski definition) is 6. The van der Waals surface area contributed by atoms with Crippen molar-refractivity contribution in [1.82, 2.24) is 14.8 Å². The smallest absolute Gasteiger partial charge is 0.259 e. The molecule has 1 aromatic heterocycles. The molecule has 0 saturated heterocycles. The van der Waals surface area contributed by atoms with Crippen molar-refractivity contribution in [3.8, 4) is 22.8 Å². The zero-order valence-corrected chi connectivity index (χ0v) is 19.7. The van der Waals surface area contributed by atoms with Crippen LogP contribution in [0.1, 0.15) is 37.6 Å². The molecule has 1 aliphatic heterocycles. The lowest BCUT2D eigenvalue weighted by molar-refractivity contribution is 0.0331. The Morgan fingerprint density at radius 1 is 1.34 bits per heavy atom. The summed E-state index contributed by atoms with van der Waals surface area (Å²) < 4.78 is 11.8. The molecule has 2 aromatic rings. The van der Waals surface area contributed by atoms with Crippen LogP contribution in [0.4, 0.5) is 0 Å². The maximum atomic E-state index is 13.6. The van der Waals surface area contributed by atoms with Gasteiger partial charge in [-0.3, -0.25) is 4.79 Å². The van der Waals surface area contributed by atoms with Crippen molar-refractivity contribution < 1.29 is 19.4 Å². The molecule has 3 rings (SSSR count). The van der Waals surface area contributed by atoms with Crippen molar-refractivity contribution in [2.45, 2.75) is 39.3 Å². The van der Waals surface area contributed by atoms with Crippen molar-refractivity contribution in [2.75, 3.05) is 40.4 Å². The fourth-order valence-electron chi connectivity index (χ4n) is 4.13. The second kappa shape index (κ2) is 10.8. The van der Waals surface area contributed by atoms with Gasteiger partial charge in [0, 0.05) is 36.3 Å². The second-order valence-corrected chi connectivity index (χ2v) is 8.66. The van der Waals surface area contributed by atoms with Gasteiger partial charge in [-0.15, -0.1) is 0 Å². The average molecular weight is 442 g/mol. The van der Waals surface area contributed by atoms with Gasteiger partial charge in [0.15, 0.2) is 0 Å². The first-order valence-electron chi connectivity index (χ1n) is 11.3. The van der Waals surface area contributed by atoms with Crippen LogP contribution in [-0.4, -0.2) is 78.3 Å². The van der Waals surface area contributed by atoms with E-state index in [9.17, 15) is 9.90 Å². The summed E-state index contributed by atoms with van der Waals surface area (Å²) in [7, 11) is 3.70. The number of para-hydroxylation sites is 1.